The van der Waals surface area contributed by atoms with Crippen LogP contribution in [-0.2, 0) is 5.41 Å². The number of benzene rings is 2. The van der Waals surface area contributed by atoms with Gasteiger partial charge in [0.05, 0.1) is 18.8 Å². The van der Waals surface area contributed by atoms with Crippen molar-refractivity contribution in [2.24, 2.45) is 0 Å². The fraction of sp³-hybridized carbons (Fsp3) is 0.200. The molecule has 0 atom stereocenters. The smallest absolute Gasteiger partial charge is 0.258 e. The van der Waals surface area contributed by atoms with E-state index in [4.69, 9.17) is 0 Å². The van der Waals surface area contributed by atoms with Gasteiger partial charge >= 0.3 is 0 Å². The summed E-state index contributed by atoms with van der Waals surface area (Å²) < 4.78 is 0.798. The van der Waals surface area contributed by atoms with Crippen LogP contribution < -0.4 is 0 Å². The summed E-state index contributed by atoms with van der Waals surface area (Å²) >= 11 is 6.48. The van der Waals surface area contributed by atoms with Crippen molar-refractivity contribution in [2.45, 2.75) is 19.3 Å². The van der Waals surface area contributed by atoms with Crippen molar-refractivity contribution in [3.8, 4) is 11.1 Å². The van der Waals surface area contributed by atoms with Crippen molar-refractivity contribution in [1.82, 2.24) is 0 Å². The van der Waals surface area contributed by atoms with Gasteiger partial charge in [-0.05, 0) is 66.2 Å². The summed E-state index contributed by atoms with van der Waals surface area (Å²) in [6, 6.07) is 6.41. The van der Waals surface area contributed by atoms with Crippen LogP contribution in [0.1, 0.15) is 25.0 Å². The van der Waals surface area contributed by atoms with Gasteiger partial charge in [0.2, 0.25) is 0 Å². The number of fused-ring (bicyclic) bond motifs is 3. The molecule has 2 aromatic carbocycles. The Morgan fingerprint density at radius 1 is 0.826 bits per heavy atom. The van der Waals surface area contributed by atoms with Crippen LogP contribution in [0.4, 0.5) is 11.4 Å². The first kappa shape index (κ1) is 16.1. The number of halogens is 2. The molecule has 118 valence electrons. The van der Waals surface area contributed by atoms with Crippen molar-refractivity contribution in [3.05, 3.63) is 64.6 Å². The molecule has 6 nitrogen and oxygen atoms in total. The van der Waals surface area contributed by atoms with Gasteiger partial charge in [-0.15, -0.1) is 0 Å². The Morgan fingerprint density at radius 3 is 1.48 bits per heavy atom. The number of rotatable bonds is 2. The third-order valence-electron chi connectivity index (χ3n) is 4.20. The summed E-state index contributed by atoms with van der Waals surface area (Å²) in [6.07, 6.45) is 0. The van der Waals surface area contributed by atoms with E-state index in [2.05, 4.69) is 31.9 Å². The highest BCUT2D eigenvalue weighted by Gasteiger charge is 2.39. The highest BCUT2D eigenvalue weighted by Crippen LogP contribution is 2.53. The molecular weight excluding hydrogens is 432 g/mol. The van der Waals surface area contributed by atoms with Gasteiger partial charge in [-0.25, -0.2) is 0 Å². The molecule has 0 aliphatic heterocycles. The Hall–Kier alpha value is -1.80. The molecule has 0 spiro atoms. The Bertz CT molecular complexity index is 822. The van der Waals surface area contributed by atoms with Crippen molar-refractivity contribution in [2.75, 3.05) is 0 Å². The first-order chi connectivity index (χ1) is 10.6. The summed E-state index contributed by atoms with van der Waals surface area (Å²) in [7, 11) is 0. The second-order valence-corrected chi connectivity index (χ2v) is 7.55. The Kier molecular flexibility index (Phi) is 3.57. The molecule has 23 heavy (non-hydrogen) atoms. The van der Waals surface area contributed by atoms with Crippen molar-refractivity contribution >= 4 is 43.2 Å². The van der Waals surface area contributed by atoms with Crippen LogP contribution in [0, 0.1) is 20.2 Å². The van der Waals surface area contributed by atoms with Gasteiger partial charge in [0.15, 0.2) is 0 Å². The SMILES string of the molecule is CC1(C)c2cc(Br)c([N+](=O)[O-])cc2-c2cc([N+](=O)[O-])c(Br)cc21. The van der Waals surface area contributed by atoms with Gasteiger partial charge in [-0.3, -0.25) is 20.2 Å². The van der Waals surface area contributed by atoms with E-state index in [1.54, 1.807) is 12.1 Å². The highest BCUT2D eigenvalue weighted by atomic mass is 79.9. The average Bonchev–Trinajstić information content (AvgIpc) is 2.65. The lowest BCUT2D eigenvalue weighted by Gasteiger charge is -2.21. The lowest BCUT2D eigenvalue weighted by Crippen LogP contribution is -2.15. The van der Waals surface area contributed by atoms with E-state index in [9.17, 15) is 20.2 Å². The topological polar surface area (TPSA) is 86.3 Å². The Morgan fingerprint density at radius 2 is 1.17 bits per heavy atom. The molecule has 3 rings (SSSR count). The van der Waals surface area contributed by atoms with E-state index >= 15 is 0 Å². The maximum absolute atomic E-state index is 11.2. The van der Waals surface area contributed by atoms with Crippen LogP contribution in [0.15, 0.2) is 33.2 Å². The maximum Gasteiger partial charge on any atom is 0.284 e. The largest absolute Gasteiger partial charge is 0.284 e. The number of hydrogen-bond acceptors (Lipinski definition) is 4. The standard InChI is InChI=1S/C15H10Br2N2O4/c1-15(2)9-5-11(16)13(18(20)21)3-7(9)8-4-14(19(22)23)12(17)6-10(8)15/h3-6H,1-2H3. The molecule has 0 heterocycles. The molecule has 1 aliphatic carbocycles. The van der Waals surface area contributed by atoms with Gasteiger partial charge in [0.25, 0.3) is 11.4 Å². The zero-order valence-corrected chi connectivity index (χ0v) is 15.3. The molecule has 2 aromatic rings. The van der Waals surface area contributed by atoms with Crippen molar-refractivity contribution in [3.63, 3.8) is 0 Å². The first-order valence-corrected chi connectivity index (χ1v) is 8.20. The van der Waals surface area contributed by atoms with E-state index in [1.165, 1.54) is 12.1 Å². The molecule has 0 saturated heterocycles. The Labute approximate surface area is 148 Å². The number of nitro groups is 2. The molecule has 0 unspecified atom stereocenters. The quantitative estimate of drug-likeness (QED) is 0.465. The lowest BCUT2D eigenvalue weighted by atomic mass is 9.82. The summed E-state index contributed by atoms with van der Waals surface area (Å²) in [6.45, 7) is 3.99. The molecule has 0 fully saturated rings. The van der Waals surface area contributed by atoms with E-state index in [1.807, 2.05) is 13.8 Å². The second kappa shape index (κ2) is 5.10. The molecule has 0 saturated carbocycles. The average molecular weight is 442 g/mol. The summed E-state index contributed by atoms with van der Waals surface area (Å²) in [5.74, 6) is 0. The van der Waals surface area contributed by atoms with Crippen LogP contribution in [0.25, 0.3) is 11.1 Å². The third-order valence-corrected chi connectivity index (χ3v) is 5.47. The molecule has 0 N–H and O–H groups in total. The summed E-state index contributed by atoms with van der Waals surface area (Å²) in [5.41, 5.74) is 2.61. The molecule has 0 amide bonds. The number of hydrogen-bond donors (Lipinski definition) is 0. The van der Waals surface area contributed by atoms with Crippen LogP contribution in [-0.4, -0.2) is 9.85 Å². The minimum absolute atomic E-state index is 0.0574. The van der Waals surface area contributed by atoms with E-state index in [0.717, 1.165) is 11.1 Å². The Balaban J connectivity index is 2.38. The monoisotopic (exact) mass is 440 g/mol. The van der Waals surface area contributed by atoms with Crippen molar-refractivity contribution in [1.29, 1.82) is 0 Å². The van der Waals surface area contributed by atoms with Crippen LogP contribution in [0.2, 0.25) is 0 Å². The van der Waals surface area contributed by atoms with Gasteiger partial charge in [-0.1, -0.05) is 13.8 Å². The van der Waals surface area contributed by atoms with E-state index in [0.29, 0.717) is 20.1 Å². The minimum atomic E-state index is -0.470. The van der Waals surface area contributed by atoms with Crippen LogP contribution in [0.3, 0.4) is 0 Å². The number of nitrogens with zero attached hydrogens (tertiary/aromatic N) is 2. The maximum atomic E-state index is 11.2. The van der Waals surface area contributed by atoms with Gasteiger partial charge in [0.1, 0.15) is 0 Å². The number of nitro benzene ring substituents is 2. The molecule has 0 radical (unpaired) electrons. The molecular formula is C15H10Br2N2O4. The van der Waals surface area contributed by atoms with Crippen molar-refractivity contribution < 1.29 is 9.85 Å². The normalized spacial score (nSPS) is 14.3. The van der Waals surface area contributed by atoms with Crippen LogP contribution in [0.5, 0.6) is 0 Å². The zero-order chi connectivity index (χ0) is 17.1. The first-order valence-electron chi connectivity index (χ1n) is 6.61. The molecule has 1 aliphatic rings. The molecule has 0 bridgehead atoms. The molecule has 8 heteroatoms. The fourth-order valence-electron chi connectivity index (χ4n) is 3.03. The third kappa shape index (κ3) is 2.28. The predicted molar refractivity (Wildman–Crippen MR) is 92.7 cm³/mol. The lowest BCUT2D eigenvalue weighted by molar-refractivity contribution is -0.385. The summed E-state index contributed by atoms with van der Waals surface area (Å²) in [5, 5.41) is 22.4. The van der Waals surface area contributed by atoms with E-state index in [-0.39, 0.29) is 11.4 Å². The van der Waals surface area contributed by atoms with Gasteiger partial charge < -0.3 is 0 Å². The van der Waals surface area contributed by atoms with Crippen LogP contribution >= 0.6 is 31.9 Å². The van der Waals surface area contributed by atoms with E-state index < -0.39 is 15.3 Å². The minimum Gasteiger partial charge on any atom is -0.258 e. The zero-order valence-electron chi connectivity index (χ0n) is 12.1. The highest BCUT2D eigenvalue weighted by molar-refractivity contribution is 9.11. The molecule has 0 aromatic heterocycles. The predicted octanol–water partition coefficient (Wildman–Crippen LogP) is 5.33. The van der Waals surface area contributed by atoms with Gasteiger partial charge in [0, 0.05) is 17.5 Å². The fourth-order valence-corrected chi connectivity index (χ4v) is 4.00. The second-order valence-electron chi connectivity index (χ2n) is 5.84. The van der Waals surface area contributed by atoms with Gasteiger partial charge in [-0.2, -0.15) is 0 Å². The summed E-state index contributed by atoms with van der Waals surface area (Å²) in [4.78, 5) is 21.4.